The minimum atomic E-state index is -1.07. The van der Waals surface area contributed by atoms with Crippen molar-refractivity contribution in [1.82, 2.24) is 9.88 Å². The molecule has 0 aliphatic heterocycles. The Labute approximate surface area is 98.5 Å². The first-order chi connectivity index (χ1) is 8.04. The molecule has 17 heavy (non-hydrogen) atoms. The lowest BCUT2D eigenvalue weighted by Crippen LogP contribution is -2.36. The molecule has 0 aliphatic rings. The number of rotatable bonds is 5. The lowest BCUT2D eigenvalue weighted by molar-refractivity contribution is -0.137. The third-order valence-corrected chi connectivity index (χ3v) is 2.08. The second-order valence-electron chi connectivity index (χ2n) is 3.55. The summed E-state index contributed by atoms with van der Waals surface area (Å²) in [6.07, 6.45) is 3.16. The van der Waals surface area contributed by atoms with E-state index in [4.69, 9.17) is 5.11 Å². The van der Waals surface area contributed by atoms with E-state index in [0.717, 1.165) is 0 Å². The van der Waals surface area contributed by atoms with Gasteiger partial charge in [0, 0.05) is 12.7 Å². The van der Waals surface area contributed by atoms with Crippen LogP contribution in [-0.2, 0) is 4.79 Å². The Morgan fingerprint density at radius 3 is 2.65 bits per heavy atom. The Kier molecular flexibility index (Phi) is 4.45. The van der Waals surface area contributed by atoms with Crippen LogP contribution in [0.4, 0.5) is 0 Å². The summed E-state index contributed by atoms with van der Waals surface area (Å²) in [6, 6.07) is 1.26. The molecule has 1 amide bonds. The van der Waals surface area contributed by atoms with Gasteiger partial charge in [0.25, 0.3) is 5.91 Å². The number of aromatic hydroxyl groups is 1. The van der Waals surface area contributed by atoms with Crippen LogP contribution in [0, 0.1) is 0 Å². The van der Waals surface area contributed by atoms with E-state index in [1.165, 1.54) is 23.4 Å². The highest BCUT2D eigenvalue weighted by atomic mass is 16.4. The number of aromatic nitrogens is 1. The van der Waals surface area contributed by atoms with Crippen molar-refractivity contribution in [3.63, 3.8) is 0 Å². The number of carbonyl (C=O) groups is 2. The molecule has 0 saturated heterocycles. The standard InChI is InChI=1S/C11H14N2O4/c1-2-3-13(7-10(15)16)11(17)8-4-9(14)6-12-5-8/h4-6,14H,2-3,7H2,1H3,(H,15,16). The van der Waals surface area contributed by atoms with Gasteiger partial charge in [-0.2, -0.15) is 0 Å². The van der Waals surface area contributed by atoms with Crippen LogP contribution in [0.15, 0.2) is 18.5 Å². The van der Waals surface area contributed by atoms with Crippen LogP contribution in [0.1, 0.15) is 23.7 Å². The molecule has 92 valence electrons. The zero-order chi connectivity index (χ0) is 12.8. The number of carbonyl (C=O) groups excluding carboxylic acids is 1. The van der Waals surface area contributed by atoms with Crippen LogP contribution in [0.25, 0.3) is 0 Å². The van der Waals surface area contributed by atoms with Crippen molar-refractivity contribution in [3.05, 3.63) is 24.0 Å². The average molecular weight is 238 g/mol. The predicted molar refractivity (Wildman–Crippen MR) is 59.7 cm³/mol. The third-order valence-electron chi connectivity index (χ3n) is 2.08. The van der Waals surface area contributed by atoms with E-state index >= 15 is 0 Å². The van der Waals surface area contributed by atoms with Gasteiger partial charge < -0.3 is 15.1 Å². The molecule has 2 N–H and O–H groups in total. The number of aliphatic carboxylic acids is 1. The first kappa shape index (κ1) is 13.0. The van der Waals surface area contributed by atoms with E-state index in [9.17, 15) is 14.7 Å². The molecule has 0 saturated carbocycles. The van der Waals surface area contributed by atoms with Crippen molar-refractivity contribution in [1.29, 1.82) is 0 Å². The van der Waals surface area contributed by atoms with Gasteiger partial charge in [-0.15, -0.1) is 0 Å². The maximum atomic E-state index is 11.9. The molecule has 0 spiro atoms. The van der Waals surface area contributed by atoms with Gasteiger partial charge in [-0.3, -0.25) is 14.6 Å². The monoisotopic (exact) mass is 238 g/mol. The van der Waals surface area contributed by atoms with Crippen molar-refractivity contribution in [2.75, 3.05) is 13.1 Å². The van der Waals surface area contributed by atoms with Crippen LogP contribution >= 0.6 is 0 Å². The summed E-state index contributed by atoms with van der Waals surface area (Å²) in [5.74, 6) is -1.64. The molecule has 0 radical (unpaired) electrons. The predicted octanol–water partition coefficient (Wildman–Crippen LogP) is 0.724. The van der Waals surface area contributed by atoms with Crippen LogP contribution in [-0.4, -0.2) is 45.1 Å². The SMILES string of the molecule is CCCN(CC(=O)O)C(=O)c1cncc(O)c1. The number of pyridine rings is 1. The van der Waals surface area contributed by atoms with Crippen molar-refractivity contribution >= 4 is 11.9 Å². The summed E-state index contributed by atoms with van der Waals surface area (Å²) in [6.45, 7) is 1.84. The Hall–Kier alpha value is -2.11. The molecule has 0 bridgehead atoms. The molecule has 1 rings (SSSR count). The number of nitrogens with zero attached hydrogens (tertiary/aromatic N) is 2. The molecular formula is C11H14N2O4. The van der Waals surface area contributed by atoms with Gasteiger partial charge in [-0.1, -0.05) is 6.92 Å². The Balaban J connectivity index is 2.87. The molecule has 0 unspecified atom stereocenters. The van der Waals surface area contributed by atoms with E-state index in [2.05, 4.69) is 4.98 Å². The fraction of sp³-hybridized carbons (Fsp3) is 0.364. The second kappa shape index (κ2) is 5.83. The van der Waals surface area contributed by atoms with Gasteiger partial charge in [0.05, 0.1) is 11.8 Å². The van der Waals surface area contributed by atoms with Crippen molar-refractivity contribution in [3.8, 4) is 5.75 Å². The lowest BCUT2D eigenvalue weighted by Gasteiger charge is -2.19. The van der Waals surface area contributed by atoms with E-state index in [1.54, 1.807) is 0 Å². The van der Waals surface area contributed by atoms with Crippen molar-refractivity contribution in [2.24, 2.45) is 0 Å². The normalized spacial score (nSPS) is 9.94. The van der Waals surface area contributed by atoms with E-state index in [-0.39, 0.29) is 17.9 Å². The maximum absolute atomic E-state index is 11.9. The average Bonchev–Trinajstić information content (AvgIpc) is 2.27. The highest BCUT2D eigenvalue weighted by molar-refractivity contribution is 5.95. The van der Waals surface area contributed by atoms with E-state index in [0.29, 0.717) is 13.0 Å². The van der Waals surface area contributed by atoms with E-state index < -0.39 is 11.9 Å². The van der Waals surface area contributed by atoms with Crippen LogP contribution < -0.4 is 0 Å². The van der Waals surface area contributed by atoms with Crippen LogP contribution in [0.3, 0.4) is 0 Å². The molecule has 0 fully saturated rings. The summed E-state index contributed by atoms with van der Waals surface area (Å²) in [5, 5.41) is 17.9. The van der Waals surface area contributed by atoms with Gasteiger partial charge in [0.2, 0.25) is 0 Å². The summed E-state index contributed by atoms with van der Waals surface area (Å²) >= 11 is 0. The van der Waals surface area contributed by atoms with Gasteiger partial charge in [0.15, 0.2) is 0 Å². The number of carboxylic acid groups (broad SMARTS) is 1. The zero-order valence-electron chi connectivity index (χ0n) is 9.46. The van der Waals surface area contributed by atoms with Crippen molar-refractivity contribution < 1.29 is 19.8 Å². The molecular weight excluding hydrogens is 224 g/mol. The minimum Gasteiger partial charge on any atom is -0.506 e. The Morgan fingerprint density at radius 1 is 1.41 bits per heavy atom. The third kappa shape index (κ3) is 3.75. The first-order valence-electron chi connectivity index (χ1n) is 5.19. The minimum absolute atomic E-state index is 0.123. The van der Waals surface area contributed by atoms with Crippen LogP contribution in [0.2, 0.25) is 0 Å². The zero-order valence-corrected chi connectivity index (χ0v) is 9.46. The van der Waals surface area contributed by atoms with Gasteiger partial charge >= 0.3 is 5.97 Å². The summed E-state index contributed by atoms with van der Waals surface area (Å²) < 4.78 is 0. The maximum Gasteiger partial charge on any atom is 0.323 e. The smallest absolute Gasteiger partial charge is 0.323 e. The number of amides is 1. The fourth-order valence-corrected chi connectivity index (χ4v) is 1.41. The van der Waals surface area contributed by atoms with Crippen LogP contribution in [0.5, 0.6) is 5.75 Å². The summed E-state index contributed by atoms with van der Waals surface area (Å²) in [4.78, 5) is 27.5. The molecule has 6 nitrogen and oxygen atoms in total. The van der Waals surface area contributed by atoms with Gasteiger partial charge in [-0.05, 0) is 12.5 Å². The van der Waals surface area contributed by atoms with Gasteiger partial charge in [0.1, 0.15) is 12.3 Å². The molecule has 0 aliphatic carbocycles. The summed E-state index contributed by atoms with van der Waals surface area (Å²) in [5.41, 5.74) is 0.180. The molecule has 1 aromatic heterocycles. The summed E-state index contributed by atoms with van der Waals surface area (Å²) in [7, 11) is 0. The molecule has 0 atom stereocenters. The number of hydrogen-bond donors (Lipinski definition) is 2. The second-order valence-corrected chi connectivity index (χ2v) is 3.55. The largest absolute Gasteiger partial charge is 0.506 e. The highest BCUT2D eigenvalue weighted by Gasteiger charge is 2.18. The molecule has 6 heteroatoms. The first-order valence-corrected chi connectivity index (χ1v) is 5.19. The fourth-order valence-electron chi connectivity index (χ4n) is 1.41. The quantitative estimate of drug-likeness (QED) is 0.788. The molecule has 0 aromatic carbocycles. The topological polar surface area (TPSA) is 90.7 Å². The van der Waals surface area contributed by atoms with Crippen molar-refractivity contribution in [2.45, 2.75) is 13.3 Å². The lowest BCUT2D eigenvalue weighted by atomic mass is 10.2. The Morgan fingerprint density at radius 2 is 2.12 bits per heavy atom. The van der Waals surface area contributed by atoms with Gasteiger partial charge in [-0.25, -0.2) is 0 Å². The number of carboxylic acids is 1. The Bertz CT molecular complexity index is 420. The molecule has 1 aromatic rings. The molecule has 1 heterocycles. The van der Waals surface area contributed by atoms with E-state index in [1.807, 2.05) is 6.92 Å². The highest BCUT2D eigenvalue weighted by Crippen LogP contribution is 2.11. The number of hydrogen-bond acceptors (Lipinski definition) is 4.